The van der Waals surface area contributed by atoms with Crippen molar-refractivity contribution in [2.45, 2.75) is 32.2 Å². The molecule has 1 unspecified atom stereocenters. The van der Waals surface area contributed by atoms with E-state index in [1.165, 1.54) is 19.3 Å². The maximum Gasteiger partial charge on any atom is 0.199 e. The van der Waals surface area contributed by atoms with Crippen LogP contribution < -0.4 is 5.32 Å². The number of carbonyl (C=O) groups is 1. The molecule has 2 heterocycles. The minimum atomic E-state index is -0.0551. The average Bonchev–Trinajstić information content (AvgIpc) is 2.48. The molecule has 0 saturated carbocycles. The summed E-state index contributed by atoms with van der Waals surface area (Å²) in [5.74, 6) is 0.143. The van der Waals surface area contributed by atoms with E-state index in [2.05, 4.69) is 22.1 Å². The van der Waals surface area contributed by atoms with Crippen LogP contribution in [0.2, 0.25) is 0 Å². The Hall–Kier alpha value is -1.26. The second kappa shape index (κ2) is 7.36. The molecule has 1 aromatic heterocycles. The third-order valence-electron chi connectivity index (χ3n) is 3.62. The van der Waals surface area contributed by atoms with Gasteiger partial charge in [0.05, 0.1) is 6.04 Å². The number of pyridine rings is 1. The van der Waals surface area contributed by atoms with E-state index in [1.54, 1.807) is 12.3 Å². The zero-order valence-electron chi connectivity index (χ0n) is 11.6. The number of unbranched alkanes of at least 4 members (excludes halogenated alkanes) is 2. The number of hydrogen-bond donors (Lipinski definition) is 1. The standard InChI is InChI=1S/C15H23N3O/c1-2-3-6-10-18-11-9-16-12-14(18)15(19)13-7-4-5-8-17-13/h4-5,7-8,14,16H,2-3,6,9-12H2,1H3. The van der Waals surface area contributed by atoms with Gasteiger partial charge in [-0.1, -0.05) is 25.8 Å². The summed E-state index contributed by atoms with van der Waals surface area (Å²) in [6.45, 7) is 5.87. The second-order valence-electron chi connectivity index (χ2n) is 5.04. The van der Waals surface area contributed by atoms with Crippen LogP contribution in [0.5, 0.6) is 0 Å². The maximum atomic E-state index is 12.5. The molecule has 4 nitrogen and oxygen atoms in total. The molecule has 1 aliphatic rings. The van der Waals surface area contributed by atoms with Gasteiger partial charge in [-0.05, 0) is 25.1 Å². The van der Waals surface area contributed by atoms with Crippen LogP contribution in [0, 0.1) is 0 Å². The van der Waals surface area contributed by atoms with Gasteiger partial charge in [-0.3, -0.25) is 14.7 Å². The topological polar surface area (TPSA) is 45.2 Å². The van der Waals surface area contributed by atoms with Crippen molar-refractivity contribution in [2.75, 3.05) is 26.2 Å². The number of nitrogens with one attached hydrogen (secondary N) is 1. The van der Waals surface area contributed by atoms with E-state index in [0.29, 0.717) is 5.69 Å². The van der Waals surface area contributed by atoms with Gasteiger partial charge < -0.3 is 5.32 Å². The highest BCUT2D eigenvalue weighted by Gasteiger charge is 2.29. The Balaban J connectivity index is 2.00. The smallest absolute Gasteiger partial charge is 0.199 e. The van der Waals surface area contributed by atoms with E-state index in [1.807, 2.05) is 12.1 Å². The summed E-state index contributed by atoms with van der Waals surface area (Å²) < 4.78 is 0. The molecule has 0 radical (unpaired) electrons. The highest BCUT2D eigenvalue weighted by atomic mass is 16.1. The van der Waals surface area contributed by atoms with Crippen molar-refractivity contribution in [1.82, 2.24) is 15.2 Å². The lowest BCUT2D eigenvalue weighted by atomic mass is 10.0. The summed E-state index contributed by atoms with van der Waals surface area (Å²) in [4.78, 5) is 19.0. The molecule has 19 heavy (non-hydrogen) atoms. The third kappa shape index (κ3) is 3.85. The van der Waals surface area contributed by atoms with E-state index in [-0.39, 0.29) is 11.8 Å². The van der Waals surface area contributed by atoms with Crippen molar-refractivity contribution < 1.29 is 4.79 Å². The molecule has 1 N–H and O–H groups in total. The minimum absolute atomic E-state index is 0.0551. The first-order valence-electron chi connectivity index (χ1n) is 7.23. The van der Waals surface area contributed by atoms with Gasteiger partial charge in [-0.25, -0.2) is 0 Å². The molecular weight excluding hydrogens is 238 g/mol. The minimum Gasteiger partial charge on any atom is -0.313 e. The number of hydrogen-bond acceptors (Lipinski definition) is 4. The Labute approximate surface area is 115 Å². The normalized spacial score (nSPS) is 20.4. The molecule has 0 spiro atoms. The molecule has 104 valence electrons. The second-order valence-corrected chi connectivity index (χ2v) is 5.04. The third-order valence-corrected chi connectivity index (χ3v) is 3.62. The summed E-state index contributed by atoms with van der Waals surface area (Å²) in [7, 11) is 0. The number of piperazine rings is 1. The Bertz CT molecular complexity index is 394. The van der Waals surface area contributed by atoms with E-state index >= 15 is 0 Å². The van der Waals surface area contributed by atoms with Crippen molar-refractivity contribution in [3.63, 3.8) is 0 Å². The molecule has 1 fully saturated rings. The van der Waals surface area contributed by atoms with Crippen LogP contribution in [-0.4, -0.2) is 47.9 Å². The molecule has 4 heteroatoms. The zero-order valence-corrected chi connectivity index (χ0v) is 11.6. The molecule has 0 aromatic carbocycles. The van der Waals surface area contributed by atoms with Gasteiger partial charge in [0.2, 0.25) is 0 Å². The van der Waals surface area contributed by atoms with Crippen LogP contribution in [-0.2, 0) is 0 Å². The Morgan fingerprint density at radius 2 is 2.37 bits per heavy atom. The highest BCUT2D eigenvalue weighted by molar-refractivity contribution is 5.98. The molecule has 1 atom stereocenters. The first-order chi connectivity index (χ1) is 9.33. The molecule has 0 amide bonds. The fraction of sp³-hybridized carbons (Fsp3) is 0.600. The number of ketones is 1. The van der Waals surface area contributed by atoms with Crippen molar-refractivity contribution in [3.05, 3.63) is 30.1 Å². The fourth-order valence-corrected chi connectivity index (χ4v) is 2.52. The van der Waals surface area contributed by atoms with Crippen LogP contribution in [0.25, 0.3) is 0 Å². The predicted molar refractivity (Wildman–Crippen MR) is 76.3 cm³/mol. The van der Waals surface area contributed by atoms with Crippen molar-refractivity contribution in [2.24, 2.45) is 0 Å². The fourth-order valence-electron chi connectivity index (χ4n) is 2.52. The Morgan fingerprint density at radius 3 is 3.11 bits per heavy atom. The lowest BCUT2D eigenvalue weighted by Gasteiger charge is -2.35. The van der Waals surface area contributed by atoms with Crippen molar-refractivity contribution in [1.29, 1.82) is 0 Å². The maximum absolute atomic E-state index is 12.5. The Kier molecular flexibility index (Phi) is 5.48. The van der Waals surface area contributed by atoms with Crippen LogP contribution in [0.1, 0.15) is 36.7 Å². The van der Waals surface area contributed by atoms with Gasteiger partial charge in [0.1, 0.15) is 5.69 Å². The number of Topliss-reactive ketones (excluding diaryl/α,β-unsaturated/α-hetero) is 1. The Morgan fingerprint density at radius 1 is 1.47 bits per heavy atom. The summed E-state index contributed by atoms with van der Waals surface area (Å²) in [6, 6.07) is 5.47. The molecule has 0 bridgehead atoms. The van der Waals surface area contributed by atoms with Gasteiger partial charge in [0.25, 0.3) is 0 Å². The van der Waals surface area contributed by atoms with Gasteiger partial charge >= 0.3 is 0 Å². The van der Waals surface area contributed by atoms with Gasteiger partial charge in [0.15, 0.2) is 5.78 Å². The first kappa shape index (κ1) is 14.2. The lowest BCUT2D eigenvalue weighted by molar-refractivity contribution is 0.0765. The van der Waals surface area contributed by atoms with Crippen LogP contribution >= 0.6 is 0 Å². The van der Waals surface area contributed by atoms with Gasteiger partial charge in [-0.2, -0.15) is 0 Å². The van der Waals surface area contributed by atoms with Crippen LogP contribution in [0.3, 0.4) is 0 Å². The molecule has 1 aromatic rings. The number of aromatic nitrogens is 1. The van der Waals surface area contributed by atoms with E-state index in [0.717, 1.165) is 26.2 Å². The molecule has 2 rings (SSSR count). The summed E-state index contributed by atoms with van der Waals surface area (Å²) in [5, 5.41) is 3.32. The van der Waals surface area contributed by atoms with Crippen LogP contribution in [0.15, 0.2) is 24.4 Å². The summed E-state index contributed by atoms with van der Waals surface area (Å²) >= 11 is 0. The SMILES string of the molecule is CCCCCN1CCNCC1C(=O)c1ccccn1. The van der Waals surface area contributed by atoms with Crippen molar-refractivity contribution >= 4 is 5.78 Å². The number of rotatable bonds is 6. The van der Waals surface area contributed by atoms with Crippen molar-refractivity contribution in [3.8, 4) is 0 Å². The average molecular weight is 261 g/mol. The molecular formula is C15H23N3O. The van der Waals surface area contributed by atoms with Crippen LogP contribution in [0.4, 0.5) is 0 Å². The first-order valence-corrected chi connectivity index (χ1v) is 7.23. The lowest BCUT2D eigenvalue weighted by Crippen LogP contribution is -2.55. The predicted octanol–water partition coefficient (Wildman–Crippen LogP) is 1.73. The highest BCUT2D eigenvalue weighted by Crippen LogP contribution is 2.11. The monoisotopic (exact) mass is 261 g/mol. The summed E-state index contributed by atoms with van der Waals surface area (Å²) in [5.41, 5.74) is 0.580. The van der Waals surface area contributed by atoms with Gasteiger partial charge in [-0.15, -0.1) is 0 Å². The molecule has 1 aliphatic heterocycles. The zero-order chi connectivity index (χ0) is 13.5. The van der Waals surface area contributed by atoms with E-state index < -0.39 is 0 Å². The summed E-state index contributed by atoms with van der Waals surface area (Å²) in [6.07, 6.45) is 5.30. The molecule has 0 aliphatic carbocycles. The number of carbonyl (C=O) groups excluding carboxylic acids is 1. The molecule has 1 saturated heterocycles. The number of nitrogens with zero attached hydrogens (tertiary/aromatic N) is 2. The van der Waals surface area contributed by atoms with E-state index in [9.17, 15) is 4.79 Å². The quantitative estimate of drug-likeness (QED) is 0.626. The largest absolute Gasteiger partial charge is 0.313 e. The van der Waals surface area contributed by atoms with E-state index in [4.69, 9.17) is 0 Å². The van der Waals surface area contributed by atoms with Gasteiger partial charge in [0, 0.05) is 25.8 Å².